The second-order valence-corrected chi connectivity index (χ2v) is 6.16. The van der Waals surface area contributed by atoms with Crippen molar-refractivity contribution in [1.29, 1.82) is 0 Å². The SMILES string of the molecule is CC(C)(COc1ccc(Cl)cc1Cl)C(=O)c1cccnc1. The first kappa shape index (κ1) is 15.8. The number of carbonyl (C=O) groups excluding carboxylic acids is 1. The molecule has 1 aromatic heterocycles. The highest BCUT2D eigenvalue weighted by Crippen LogP contribution is 2.30. The molecule has 0 fully saturated rings. The number of pyridine rings is 1. The number of hydrogen-bond acceptors (Lipinski definition) is 3. The Morgan fingerprint density at radius 3 is 2.67 bits per heavy atom. The molecule has 0 aliphatic heterocycles. The summed E-state index contributed by atoms with van der Waals surface area (Å²) in [7, 11) is 0. The summed E-state index contributed by atoms with van der Waals surface area (Å²) in [4.78, 5) is 16.4. The second kappa shape index (κ2) is 6.46. The monoisotopic (exact) mass is 323 g/mol. The molecule has 0 bridgehead atoms. The highest BCUT2D eigenvalue weighted by Gasteiger charge is 2.30. The van der Waals surface area contributed by atoms with Crippen LogP contribution < -0.4 is 4.74 Å². The highest BCUT2D eigenvalue weighted by atomic mass is 35.5. The van der Waals surface area contributed by atoms with Crippen LogP contribution in [0.2, 0.25) is 10.0 Å². The summed E-state index contributed by atoms with van der Waals surface area (Å²) in [5, 5.41) is 0.963. The maximum absolute atomic E-state index is 12.5. The zero-order valence-electron chi connectivity index (χ0n) is 11.8. The first-order valence-electron chi connectivity index (χ1n) is 6.43. The molecule has 2 rings (SSSR count). The standard InChI is InChI=1S/C16H15Cl2NO2/c1-16(2,15(20)11-4-3-7-19-9-11)10-21-14-6-5-12(17)8-13(14)18/h3-9H,10H2,1-2H3. The molecule has 0 spiro atoms. The minimum Gasteiger partial charge on any atom is -0.491 e. The summed E-state index contributed by atoms with van der Waals surface area (Å²) in [5.74, 6) is 0.480. The summed E-state index contributed by atoms with van der Waals surface area (Å²) in [5.41, 5.74) is -0.125. The molecule has 2 aromatic rings. The van der Waals surface area contributed by atoms with Gasteiger partial charge in [-0.3, -0.25) is 9.78 Å². The van der Waals surface area contributed by atoms with Crippen LogP contribution in [0, 0.1) is 5.41 Å². The number of Topliss-reactive ketones (excluding diaryl/α,β-unsaturated/α-hetero) is 1. The van der Waals surface area contributed by atoms with Gasteiger partial charge in [0.2, 0.25) is 0 Å². The van der Waals surface area contributed by atoms with Gasteiger partial charge in [-0.1, -0.05) is 23.2 Å². The van der Waals surface area contributed by atoms with E-state index in [-0.39, 0.29) is 12.4 Å². The lowest BCUT2D eigenvalue weighted by molar-refractivity contribution is 0.0751. The molecule has 0 unspecified atom stereocenters. The van der Waals surface area contributed by atoms with Crippen molar-refractivity contribution in [3.8, 4) is 5.75 Å². The summed E-state index contributed by atoms with van der Waals surface area (Å²) < 4.78 is 5.67. The lowest BCUT2D eigenvalue weighted by atomic mass is 9.85. The maximum atomic E-state index is 12.5. The van der Waals surface area contributed by atoms with E-state index in [1.54, 1.807) is 42.7 Å². The van der Waals surface area contributed by atoms with Gasteiger partial charge in [-0.25, -0.2) is 0 Å². The van der Waals surface area contributed by atoms with Crippen LogP contribution in [-0.4, -0.2) is 17.4 Å². The fourth-order valence-corrected chi connectivity index (χ4v) is 2.27. The average Bonchev–Trinajstić information content (AvgIpc) is 2.46. The Bertz CT molecular complexity index is 642. The molecule has 0 atom stereocenters. The number of ketones is 1. The van der Waals surface area contributed by atoms with Crippen LogP contribution in [0.15, 0.2) is 42.7 Å². The van der Waals surface area contributed by atoms with Crippen molar-refractivity contribution in [2.75, 3.05) is 6.61 Å². The Morgan fingerprint density at radius 2 is 2.05 bits per heavy atom. The molecule has 0 N–H and O–H groups in total. The fourth-order valence-electron chi connectivity index (χ4n) is 1.80. The number of nitrogens with zero attached hydrogens (tertiary/aromatic N) is 1. The predicted octanol–water partition coefficient (Wildman–Crippen LogP) is 4.68. The van der Waals surface area contributed by atoms with Crippen LogP contribution in [0.4, 0.5) is 0 Å². The van der Waals surface area contributed by atoms with E-state index < -0.39 is 5.41 Å². The third kappa shape index (κ3) is 3.96. The van der Waals surface area contributed by atoms with Crippen molar-refractivity contribution >= 4 is 29.0 Å². The van der Waals surface area contributed by atoms with Crippen molar-refractivity contribution < 1.29 is 9.53 Å². The number of carbonyl (C=O) groups is 1. The van der Waals surface area contributed by atoms with E-state index in [0.717, 1.165) is 0 Å². The van der Waals surface area contributed by atoms with Gasteiger partial charge in [-0.05, 0) is 44.2 Å². The second-order valence-electron chi connectivity index (χ2n) is 5.32. The van der Waals surface area contributed by atoms with Gasteiger partial charge in [0.15, 0.2) is 5.78 Å². The molecule has 3 nitrogen and oxygen atoms in total. The number of benzene rings is 1. The Labute approximate surface area is 133 Å². The lowest BCUT2D eigenvalue weighted by Gasteiger charge is -2.23. The fraction of sp³-hybridized carbons (Fsp3) is 0.250. The molecular formula is C16H15Cl2NO2. The first-order valence-corrected chi connectivity index (χ1v) is 7.18. The molecular weight excluding hydrogens is 309 g/mol. The molecule has 0 saturated carbocycles. The Hall–Kier alpha value is -1.58. The zero-order valence-corrected chi connectivity index (χ0v) is 13.3. The summed E-state index contributed by atoms with van der Waals surface area (Å²) in [6.07, 6.45) is 3.19. The van der Waals surface area contributed by atoms with Crippen LogP contribution >= 0.6 is 23.2 Å². The van der Waals surface area contributed by atoms with E-state index in [2.05, 4.69) is 4.98 Å². The summed E-state index contributed by atoms with van der Waals surface area (Å²) in [6.45, 7) is 3.86. The minimum absolute atomic E-state index is 0.0271. The minimum atomic E-state index is -0.688. The highest BCUT2D eigenvalue weighted by molar-refractivity contribution is 6.35. The van der Waals surface area contributed by atoms with Gasteiger partial charge in [0, 0.05) is 23.0 Å². The molecule has 0 aliphatic carbocycles. The van der Waals surface area contributed by atoms with Crippen molar-refractivity contribution in [3.63, 3.8) is 0 Å². The van der Waals surface area contributed by atoms with Gasteiger partial charge in [0.05, 0.1) is 10.4 Å². The van der Waals surface area contributed by atoms with Crippen molar-refractivity contribution in [2.45, 2.75) is 13.8 Å². The molecule has 5 heteroatoms. The third-order valence-electron chi connectivity index (χ3n) is 3.02. The van der Waals surface area contributed by atoms with Crippen LogP contribution in [0.1, 0.15) is 24.2 Å². The summed E-state index contributed by atoms with van der Waals surface area (Å²) >= 11 is 11.9. The Morgan fingerprint density at radius 1 is 1.29 bits per heavy atom. The van der Waals surface area contributed by atoms with Crippen LogP contribution in [-0.2, 0) is 0 Å². The molecule has 1 heterocycles. The molecule has 110 valence electrons. The number of hydrogen-bond donors (Lipinski definition) is 0. The quantitative estimate of drug-likeness (QED) is 0.750. The van der Waals surface area contributed by atoms with Gasteiger partial charge in [0.1, 0.15) is 12.4 Å². The smallest absolute Gasteiger partial charge is 0.173 e. The van der Waals surface area contributed by atoms with E-state index >= 15 is 0 Å². The van der Waals surface area contributed by atoms with E-state index in [1.807, 2.05) is 13.8 Å². The average molecular weight is 324 g/mol. The summed E-state index contributed by atoms with van der Waals surface area (Å²) in [6, 6.07) is 8.47. The zero-order chi connectivity index (χ0) is 15.5. The molecule has 0 radical (unpaired) electrons. The molecule has 0 amide bonds. The molecule has 0 aliphatic rings. The van der Waals surface area contributed by atoms with Crippen molar-refractivity contribution in [2.24, 2.45) is 5.41 Å². The number of halogens is 2. The topological polar surface area (TPSA) is 39.2 Å². The number of ether oxygens (including phenoxy) is 1. The van der Waals surface area contributed by atoms with Crippen molar-refractivity contribution in [1.82, 2.24) is 4.98 Å². The van der Waals surface area contributed by atoms with E-state index in [9.17, 15) is 4.79 Å². The number of rotatable bonds is 5. The predicted molar refractivity (Wildman–Crippen MR) is 84.3 cm³/mol. The van der Waals surface area contributed by atoms with Crippen LogP contribution in [0.3, 0.4) is 0 Å². The molecule has 1 aromatic carbocycles. The Kier molecular flexibility index (Phi) is 4.86. The van der Waals surface area contributed by atoms with Crippen LogP contribution in [0.5, 0.6) is 5.75 Å². The van der Waals surface area contributed by atoms with Gasteiger partial charge in [0.25, 0.3) is 0 Å². The molecule has 0 saturated heterocycles. The van der Waals surface area contributed by atoms with Gasteiger partial charge < -0.3 is 4.74 Å². The number of aromatic nitrogens is 1. The molecule has 21 heavy (non-hydrogen) atoms. The lowest BCUT2D eigenvalue weighted by Crippen LogP contribution is -2.31. The van der Waals surface area contributed by atoms with E-state index in [0.29, 0.717) is 21.4 Å². The van der Waals surface area contributed by atoms with Crippen molar-refractivity contribution in [3.05, 3.63) is 58.3 Å². The largest absolute Gasteiger partial charge is 0.491 e. The Balaban J connectivity index is 2.09. The normalized spacial score (nSPS) is 11.2. The van der Waals surface area contributed by atoms with Crippen LogP contribution in [0.25, 0.3) is 0 Å². The van der Waals surface area contributed by atoms with E-state index in [1.165, 1.54) is 0 Å². The van der Waals surface area contributed by atoms with Gasteiger partial charge in [-0.2, -0.15) is 0 Å². The van der Waals surface area contributed by atoms with E-state index in [4.69, 9.17) is 27.9 Å². The third-order valence-corrected chi connectivity index (χ3v) is 3.55. The first-order chi connectivity index (χ1) is 9.90. The van der Waals surface area contributed by atoms with Gasteiger partial charge >= 0.3 is 0 Å². The maximum Gasteiger partial charge on any atom is 0.173 e. The van der Waals surface area contributed by atoms with Gasteiger partial charge in [-0.15, -0.1) is 0 Å².